The normalized spacial score (nSPS) is 13.3. The first kappa shape index (κ1) is 17.1. The summed E-state index contributed by atoms with van der Waals surface area (Å²) < 4.78 is 0. The Hall–Kier alpha value is -3.35. The number of aromatic nitrogens is 4. The average molecular weight is 361 g/mol. The molecule has 1 amide bonds. The maximum absolute atomic E-state index is 13.1. The lowest BCUT2D eigenvalue weighted by atomic mass is 10.2. The van der Waals surface area contributed by atoms with Gasteiger partial charge in [-0.2, -0.15) is 0 Å². The second kappa shape index (κ2) is 7.49. The molecule has 0 saturated heterocycles. The van der Waals surface area contributed by atoms with Crippen molar-refractivity contribution in [2.75, 3.05) is 0 Å². The third-order valence-electron chi connectivity index (χ3n) is 4.49. The van der Waals surface area contributed by atoms with Crippen molar-refractivity contribution in [2.24, 2.45) is 0 Å². The van der Waals surface area contributed by atoms with Crippen LogP contribution in [0.1, 0.15) is 46.1 Å². The number of aromatic amines is 1. The van der Waals surface area contributed by atoms with Gasteiger partial charge in [0.2, 0.25) is 0 Å². The third-order valence-corrected chi connectivity index (χ3v) is 4.49. The molecule has 0 radical (unpaired) electrons. The zero-order valence-corrected chi connectivity index (χ0v) is 14.7. The summed E-state index contributed by atoms with van der Waals surface area (Å²) in [5, 5.41) is 0. The summed E-state index contributed by atoms with van der Waals surface area (Å²) in [5.41, 5.74) is 1.42. The number of nitrogens with one attached hydrogen (secondary N) is 1. The van der Waals surface area contributed by atoms with Crippen molar-refractivity contribution < 1.29 is 4.79 Å². The predicted octanol–water partition coefficient (Wildman–Crippen LogP) is 2.28. The van der Waals surface area contributed by atoms with E-state index >= 15 is 0 Å². The number of amides is 1. The van der Waals surface area contributed by atoms with Gasteiger partial charge in [0.1, 0.15) is 11.4 Å². The van der Waals surface area contributed by atoms with Gasteiger partial charge in [0.05, 0.1) is 0 Å². The lowest BCUT2D eigenvalue weighted by Crippen LogP contribution is -2.34. The lowest BCUT2D eigenvalue weighted by molar-refractivity contribution is 0.0727. The van der Waals surface area contributed by atoms with E-state index in [4.69, 9.17) is 0 Å². The molecule has 4 rings (SSSR count). The molecule has 1 aliphatic carbocycles. The molecular formula is C20H19N5O2. The minimum absolute atomic E-state index is 0.0483. The molecule has 0 aliphatic heterocycles. The predicted molar refractivity (Wildman–Crippen MR) is 98.9 cm³/mol. The summed E-state index contributed by atoms with van der Waals surface area (Å²) in [7, 11) is 0. The Morgan fingerprint density at radius 2 is 1.67 bits per heavy atom. The number of H-pyrrole nitrogens is 1. The molecule has 1 fully saturated rings. The van der Waals surface area contributed by atoms with Crippen molar-refractivity contribution in [3.8, 4) is 0 Å². The first-order valence-corrected chi connectivity index (χ1v) is 8.87. The van der Waals surface area contributed by atoms with Crippen LogP contribution in [0, 0.1) is 0 Å². The number of pyridine rings is 2. The van der Waals surface area contributed by atoms with Gasteiger partial charge in [-0.15, -0.1) is 0 Å². The van der Waals surface area contributed by atoms with Crippen molar-refractivity contribution >= 4 is 5.91 Å². The highest BCUT2D eigenvalue weighted by atomic mass is 16.2. The van der Waals surface area contributed by atoms with E-state index in [0.717, 1.165) is 24.0 Å². The van der Waals surface area contributed by atoms with E-state index in [1.807, 2.05) is 24.3 Å². The van der Waals surface area contributed by atoms with Crippen molar-refractivity contribution in [3.63, 3.8) is 0 Å². The van der Waals surface area contributed by atoms with E-state index in [2.05, 4.69) is 19.9 Å². The molecule has 0 aromatic carbocycles. The molecule has 0 atom stereocenters. The van der Waals surface area contributed by atoms with Gasteiger partial charge in [-0.25, -0.2) is 4.98 Å². The second-order valence-corrected chi connectivity index (χ2v) is 6.67. The van der Waals surface area contributed by atoms with Crippen LogP contribution in [-0.2, 0) is 13.1 Å². The fraction of sp³-hybridized carbons (Fsp3) is 0.250. The van der Waals surface area contributed by atoms with E-state index in [0.29, 0.717) is 24.8 Å². The highest BCUT2D eigenvalue weighted by molar-refractivity contribution is 5.93. The fourth-order valence-electron chi connectivity index (χ4n) is 2.92. The number of hydrogen-bond donors (Lipinski definition) is 1. The van der Waals surface area contributed by atoms with Gasteiger partial charge >= 0.3 is 0 Å². The number of carbonyl (C=O) groups excluding carboxylic acids is 1. The molecule has 1 N–H and O–H groups in total. The molecule has 3 aromatic heterocycles. The topological polar surface area (TPSA) is 91.8 Å². The Balaban J connectivity index is 1.62. The van der Waals surface area contributed by atoms with Crippen molar-refractivity contribution in [1.82, 2.24) is 24.8 Å². The van der Waals surface area contributed by atoms with Gasteiger partial charge in [-0.05, 0) is 36.1 Å². The fourth-order valence-corrected chi connectivity index (χ4v) is 2.92. The molecule has 136 valence electrons. The molecule has 7 nitrogen and oxygen atoms in total. The van der Waals surface area contributed by atoms with E-state index in [1.54, 1.807) is 29.7 Å². The van der Waals surface area contributed by atoms with Gasteiger partial charge in [0.25, 0.3) is 11.5 Å². The van der Waals surface area contributed by atoms with Gasteiger partial charge in [-0.3, -0.25) is 19.6 Å². The van der Waals surface area contributed by atoms with Crippen molar-refractivity contribution in [2.45, 2.75) is 31.8 Å². The third kappa shape index (κ3) is 4.08. The number of hydrogen-bond acceptors (Lipinski definition) is 5. The molecule has 1 aliphatic rings. The maximum atomic E-state index is 13.1. The van der Waals surface area contributed by atoms with Crippen LogP contribution in [0.2, 0.25) is 0 Å². The summed E-state index contributed by atoms with van der Waals surface area (Å²) >= 11 is 0. The van der Waals surface area contributed by atoms with Crippen LogP contribution in [-0.4, -0.2) is 30.7 Å². The zero-order valence-electron chi connectivity index (χ0n) is 14.7. The number of carbonyl (C=O) groups is 1. The van der Waals surface area contributed by atoms with Crippen LogP contribution < -0.4 is 5.56 Å². The van der Waals surface area contributed by atoms with Gasteiger partial charge in [0.15, 0.2) is 0 Å². The zero-order chi connectivity index (χ0) is 18.6. The minimum atomic E-state index is -0.390. The Labute approximate surface area is 156 Å². The summed E-state index contributed by atoms with van der Waals surface area (Å²) in [6, 6.07) is 7.44. The molecule has 0 spiro atoms. The molecule has 0 unspecified atom stereocenters. The summed E-state index contributed by atoms with van der Waals surface area (Å²) in [5.74, 6) is 0.630. The Morgan fingerprint density at radius 1 is 1.04 bits per heavy atom. The first-order chi connectivity index (χ1) is 13.2. The van der Waals surface area contributed by atoms with Crippen LogP contribution in [0.15, 0.2) is 60.0 Å². The summed E-state index contributed by atoms with van der Waals surface area (Å²) in [6.45, 7) is 0.677. The molecular weight excluding hydrogens is 342 g/mol. The Morgan fingerprint density at radius 3 is 2.15 bits per heavy atom. The smallest absolute Gasteiger partial charge is 0.263 e. The number of nitrogens with zero attached hydrogens (tertiary/aromatic N) is 4. The van der Waals surface area contributed by atoms with E-state index in [1.165, 1.54) is 6.20 Å². The van der Waals surface area contributed by atoms with Crippen molar-refractivity contribution in [3.05, 3.63) is 88.1 Å². The van der Waals surface area contributed by atoms with E-state index in [-0.39, 0.29) is 17.0 Å². The van der Waals surface area contributed by atoms with Crippen LogP contribution in [0.4, 0.5) is 0 Å². The van der Waals surface area contributed by atoms with Crippen LogP contribution in [0.3, 0.4) is 0 Å². The SMILES string of the molecule is O=C(c1cnc(C2CC2)[nH]c1=O)N(Cc1cccnc1)Cc1cccnc1. The van der Waals surface area contributed by atoms with Crippen LogP contribution in [0.5, 0.6) is 0 Å². The molecule has 1 saturated carbocycles. The standard InChI is InChI=1S/C20H19N5O2/c26-19-17(11-23-18(24-19)16-5-6-16)20(27)25(12-14-3-1-7-21-9-14)13-15-4-2-8-22-10-15/h1-4,7-11,16H,5-6,12-13H2,(H,23,24,26). The monoisotopic (exact) mass is 361 g/mol. The van der Waals surface area contributed by atoms with Crippen LogP contribution >= 0.6 is 0 Å². The van der Waals surface area contributed by atoms with Gasteiger partial charge < -0.3 is 9.88 Å². The lowest BCUT2D eigenvalue weighted by Gasteiger charge is -2.22. The van der Waals surface area contributed by atoms with E-state index in [9.17, 15) is 9.59 Å². The second-order valence-electron chi connectivity index (χ2n) is 6.67. The summed E-state index contributed by atoms with van der Waals surface area (Å²) in [6.07, 6.45) is 10.2. The highest BCUT2D eigenvalue weighted by Gasteiger charge is 2.27. The van der Waals surface area contributed by atoms with Gasteiger partial charge in [0, 0.05) is 50.0 Å². The summed E-state index contributed by atoms with van der Waals surface area (Å²) in [4.78, 5) is 42.4. The van der Waals surface area contributed by atoms with Gasteiger partial charge in [-0.1, -0.05) is 12.1 Å². The first-order valence-electron chi connectivity index (χ1n) is 8.87. The molecule has 7 heteroatoms. The maximum Gasteiger partial charge on any atom is 0.263 e. The van der Waals surface area contributed by atoms with E-state index < -0.39 is 0 Å². The Bertz CT molecular complexity index is 943. The average Bonchev–Trinajstić information content (AvgIpc) is 3.54. The molecule has 27 heavy (non-hydrogen) atoms. The molecule has 0 bridgehead atoms. The minimum Gasteiger partial charge on any atom is -0.330 e. The largest absolute Gasteiger partial charge is 0.330 e. The quantitative estimate of drug-likeness (QED) is 0.727. The Kier molecular flexibility index (Phi) is 4.74. The number of rotatable bonds is 6. The van der Waals surface area contributed by atoms with Crippen LogP contribution in [0.25, 0.3) is 0 Å². The highest BCUT2D eigenvalue weighted by Crippen LogP contribution is 2.37. The molecule has 3 heterocycles. The van der Waals surface area contributed by atoms with Crippen molar-refractivity contribution in [1.29, 1.82) is 0 Å². The molecule has 3 aromatic rings.